The Morgan fingerprint density at radius 2 is 1.42 bits per heavy atom. The van der Waals surface area contributed by atoms with E-state index < -0.39 is 35.6 Å². The number of nitro groups is 1. The highest BCUT2D eigenvalue weighted by molar-refractivity contribution is 7.93. The molecule has 0 aliphatic heterocycles. The summed E-state index contributed by atoms with van der Waals surface area (Å²) in [5, 5.41) is 11.1. The molecular formula is C18H17N5O6S2. The highest BCUT2D eigenvalue weighted by Crippen LogP contribution is 2.26. The lowest BCUT2D eigenvalue weighted by molar-refractivity contribution is -0.387. The molecule has 0 unspecified atom stereocenters. The lowest BCUT2D eigenvalue weighted by Crippen LogP contribution is -2.16. The van der Waals surface area contributed by atoms with Crippen molar-refractivity contribution in [3.05, 3.63) is 76.1 Å². The third kappa shape index (κ3) is 5.13. The topological polar surface area (TPSA) is 161 Å². The smallest absolute Gasteiger partial charge is 0.279 e. The van der Waals surface area contributed by atoms with Crippen LogP contribution in [0.1, 0.15) is 11.4 Å². The summed E-state index contributed by atoms with van der Waals surface area (Å²) in [5.41, 5.74) is 0.626. The molecule has 3 aromatic rings. The van der Waals surface area contributed by atoms with E-state index in [0.717, 1.165) is 12.1 Å². The highest BCUT2D eigenvalue weighted by Gasteiger charge is 2.25. The first-order valence-corrected chi connectivity index (χ1v) is 11.7. The number of nitro benzene ring substituents is 1. The number of para-hydroxylation sites is 1. The summed E-state index contributed by atoms with van der Waals surface area (Å²) < 4.78 is 54.7. The quantitative estimate of drug-likeness (QED) is 0.399. The van der Waals surface area contributed by atoms with Crippen LogP contribution < -0.4 is 9.44 Å². The van der Waals surface area contributed by atoms with E-state index in [9.17, 15) is 26.9 Å². The van der Waals surface area contributed by atoms with Crippen molar-refractivity contribution in [2.75, 3.05) is 9.44 Å². The standard InChI is InChI=1S/C18H17N5O6S2/c1-12-11-13(2)20-18(19-12)22-30(26,27)15-9-7-14(8-10-15)21-31(28,29)17-6-4-3-5-16(17)23(24)25/h3-11,21H,1-2H3,(H,19,20,22). The monoisotopic (exact) mass is 463 g/mol. The van der Waals surface area contributed by atoms with Crippen LogP contribution in [0.15, 0.2) is 64.4 Å². The maximum absolute atomic E-state index is 12.6. The Labute approximate surface area is 178 Å². The SMILES string of the molecule is Cc1cc(C)nc(NS(=O)(=O)c2ccc(NS(=O)(=O)c3ccccc3[N+](=O)[O-])cc2)n1. The number of nitrogens with one attached hydrogen (secondary N) is 2. The summed E-state index contributed by atoms with van der Waals surface area (Å²) in [6.07, 6.45) is 0. The molecule has 13 heteroatoms. The predicted octanol–water partition coefficient (Wildman–Crippen LogP) is 2.60. The van der Waals surface area contributed by atoms with Gasteiger partial charge in [-0.15, -0.1) is 0 Å². The summed E-state index contributed by atoms with van der Waals surface area (Å²) in [6.45, 7) is 3.40. The van der Waals surface area contributed by atoms with E-state index in [0.29, 0.717) is 11.4 Å². The van der Waals surface area contributed by atoms with Gasteiger partial charge in [-0.25, -0.2) is 31.5 Å². The number of sulfonamides is 2. The van der Waals surface area contributed by atoms with Gasteiger partial charge < -0.3 is 0 Å². The van der Waals surface area contributed by atoms with Gasteiger partial charge in [0.2, 0.25) is 5.95 Å². The maximum Gasteiger partial charge on any atom is 0.289 e. The first-order valence-electron chi connectivity index (χ1n) is 8.69. The third-order valence-corrected chi connectivity index (χ3v) is 6.75. The van der Waals surface area contributed by atoms with Crippen LogP contribution in [0.4, 0.5) is 17.3 Å². The van der Waals surface area contributed by atoms with Crippen molar-refractivity contribution in [3.8, 4) is 0 Å². The molecule has 1 heterocycles. The Morgan fingerprint density at radius 1 is 0.839 bits per heavy atom. The molecule has 0 atom stereocenters. The molecule has 0 spiro atoms. The van der Waals surface area contributed by atoms with E-state index in [1.807, 2.05) is 0 Å². The van der Waals surface area contributed by atoms with Crippen LogP contribution in [0.25, 0.3) is 0 Å². The van der Waals surface area contributed by atoms with Crippen molar-refractivity contribution >= 4 is 37.4 Å². The molecule has 0 saturated heterocycles. The average molecular weight is 463 g/mol. The van der Waals surface area contributed by atoms with Crippen LogP contribution in [0.2, 0.25) is 0 Å². The second-order valence-electron chi connectivity index (χ2n) is 6.43. The molecule has 0 aliphatic carbocycles. The van der Waals surface area contributed by atoms with Crippen LogP contribution in [0.3, 0.4) is 0 Å². The molecule has 0 amide bonds. The Balaban J connectivity index is 1.84. The normalized spacial score (nSPS) is 11.7. The lowest BCUT2D eigenvalue weighted by atomic mass is 10.3. The summed E-state index contributed by atoms with van der Waals surface area (Å²) >= 11 is 0. The van der Waals surface area contributed by atoms with Gasteiger partial charge in [0.25, 0.3) is 25.7 Å². The fourth-order valence-corrected chi connectivity index (χ4v) is 4.87. The maximum atomic E-state index is 12.6. The largest absolute Gasteiger partial charge is 0.289 e. The van der Waals surface area contributed by atoms with E-state index in [1.165, 1.54) is 36.4 Å². The lowest BCUT2D eigenvalue weighted by Gasteiger charge is -2.10. The zero-order valence-electron chi connectivity index (χ0n) is 16.3. The van der Waals surface area contributed by atoms with Gasteiger partial charge in [-0.1, -0.05) is 12.1 Å². The number of hydrogen-bond donors (Lipinski definition) is 2. The Bertz CT molecular complexity index is 1340. The summed E-state index contributed by atoms with van der Waals surface area (Å²) in [7, 11) is -8.29. The molecule has 31 heavy (non-hydrogen) atoms. The summed E-state index contributed by atoms with van der Waals surface area (Å²) in [6, 6.07) is 11.4. The predicted molar refractivity (Wildman–Crippen MR) is 113 cm³/mol. The van der Waals surface area contributed by atoms with Crippen molar-refractivity contribution in [2.24, 2.45) is 0 Å². The minimum atomic E-state index is -4.27. The number of anilines is 2. The van der Waals surface area contributed by atoms with Gasteiger partial charge in [0.05, 0.1) is 9.82 Å². The molecular weight excluding hydrogens is 446 g/mol. The first-order chi connectivity index (χ1) is 14.5. The number of hydrogen-bond acceptors (Lipinski definition) is 8. The molecule has 0 radical (unpaired) electrons. The van der Waals surface area contributed by atoms with E-state index in [1.54, 1.807) is 19.9 Å². The van der Waals surface area contributed by atoms with E-state index in [-0.39, 0.29) is 16.5 Å². The van der Waals surface area contributed by atoms with E-state index in [4.69, 9.17) is 0 Å². The van der Waals surface area contributed by atoms with Crippen LogP contribution >= 0.6 is 0 Å². The zero-order valence-corrected chi connectivity index (χ0v) is 17.9. The summed E-state index contributed by atoms with van der Waals surface area (Å²) in [4.78, 5) is 17.7. The number of benzene rings is 2. The average Bonchev–Trinajstić information content (AvgIpc) is 2.67. The molecule has 11 nitrogen and oxygen atoms in total. The number of rotatable bonds is 7. The minimum Gasteiger partial charge on any atom is -0.279 e. The second-order valence-corrected chi connectivity index (χ2v) is 9.77. The Morgan fingerprint density at radius 3 is 2.00 bits per heavy atom. The Hall–Kier alpha value is -3.58. The molecule has 2 aromatic carbocycles. The van der Waals surface area contributed by atoms with Gasteiger partial charge >= 0.3 is 0 Å². The van der Waals surface area contributed by atoms with Crippen molar-refractivity contribution in [1.29, 1.82) is 0 Å². The second kappa shape index (κ2) is 8.28. The molecule has 2 N–H and O–H groups in total. The van der Waals surface area contributed by atoms with Crippen LogP contribution in [-0.4, -0.2) is 31.7 Å². The third-order valence-electron chi connectivity index (χ3n) is 3.98. The number of nitrogens with zero attached hydrogens (tertiary/aromatic N) is 3. The molecule has 3 rings (SSSR count). The van der Waals surface area contributed by atoms with Gasteiger partial charge in [0, 0.05) is 23.1 Å². The fourth-order valence-electron chi connectivity index (χ4n) is 2.70. The molecule has 0 fully saturated rings. The van der Waals surface area contributed by atoms with Crippen LogP contribution in [-0.2, 0) is 20.0 Å². The number of aromatic nitrogens is 2. The van der Waals surface area contributed by atoms with E-state index in [2.05, 4.69) is 19.4 Å². The number of aryl methyl sites for hydroxylation is 2. The van der Waals surface area contributed by atoms with Crippen LogP contribution in [0, 0.1) is 24.0 Å². The van der Waals surface area contributed by atoms with Crippen LogP contribution in [0.5, 0.6) is 0 Å². The van der Waals surface area contributed by atoms with Gasteiger partial charge in [-0.2, -0.15) is 0 Å². The van der Waals surface area contributed by atoms with E-state index >= 15 is 0 Å². The van der Waals surface area contributed by atoms with Crippen molar-refractivity contribution in [1.82, 2.24) is 9.97 Å². The fraction of sp³-hybridized carbons (Fsp3) is 0.111. The van der Waals surface area contributed by atoms with Crippen molar-refractivity contribution in [2.45, 2.75) is 23.6 Å². The van der Waals surface area contributed by atoms with Gasteiger partial charge in [-0.3, -0.25) is 14.8 Å². The molecule has 162 valence electrons. The first kappa shape index (κ1) is 22.1. The zero-order chi connectivity index (χ0) is 22.8. The molecule has 0 aliphatic rings. The summed E-state index contributed by atoms with van der Waals surface area (Å²) in [5.74, 6) is -0.0846. The highest BCUT2D eigenvalue weighted by atomic mass is 32.2. The molecule has 1 aromatic heterocycles. The van der Waals surface area contributed by atoms with Gasteiger partial charge in [0.15, 0.2) is 4.90 Å². The van der Waals surface area contributed by atoms with Gasteiger partial charge in [0.1, 0.15) is 0 Å². The van der Waals surface area contributed by atoms with Crippen molar-refractivity contribution in [3.63, 3.8) is 0 Å². The molecule has 0 bridgehead atoms. The van der Waals surface area contributed by atoms with Gasteiger partial charge in [-0.05, 0) is 50.2 Å². The van der Waals surface area contributed by atoms with Crippen molar-refractivity contribution < 1.29 is 21.8 Å². The Kier molecular flexibility index (Phi) is 5.90. The molecule has 0 saturated carbocycles. The minimum absolute atomic E-state index is 0.0275.